The minimum atomic E-state index is -0.0857. The quantitative estimate of drug-likeness (QED) is 0.594. The van der Waals surface area contributed by atoms with E-state index in [0.29, 0.717) is 30.3 Å². The van der Waals surface area contributed by atoms with Gasteiger partial charge in [0.2, 0.25) is 11.7 Å². The van der Waals surface area contributed by atoms with Crippen LogP contribution in [0.2, 0.25) is 0 Å². The molecule has 0 aliphatic heterocycles. The molecule has 0 spiro atoms. The first-order valence-electron chi connectivity index (χ1n) is 8.89. The van der Waals surface area contributed by atoms with Crippen LogP contribution in [0.1, 0.15) is 5.56 Å². The van der Waals surface area contributed by atoms with Gasteiger partial charge in [0.15, 0.2) is 11.5 Å². The van der Waals surface area contributed by atoms with E-state index < -0.39 is 0 Å². The number of hydrogen-bond donors (Lipinski definition) is 0. The van der Waals surface area contributed by atoms with Gasteiger partial charge in [0.25, 0.3) is 0 Å². The maximum atomic E-state index is 12.5. The van der Waals surface area contributed by atoms with Crippen LogP contribution >= 0.6 is 0 Å². The van der Waals surface area contributed by atoms with Crippen molar-refractivity contribution >= 4 is 5.91 Å². The van der Waals surface area contributed by atoms with Crippen LogP contribution < -0.4 is 9.47 Å². The molecule has 0 unspecified atom stereocenters. The third kappa shape index (κ3) is 4.64. The summed E-state index contributed by atoms with van der Waals surface area (Å²) in [5, 5.41) is 12.3. The summed E-state index contributed by atoms with van der Waals surface area (Å²) in [6.45, 7) is 0.608. The minimum Gasteiger partial charge on any atom is -0.493 e. The van der Waals surface area contributed by atoms with Crippen molar-refractivity contribution < 1.29 is 14.3 Å². The molecule has 1 amide bonds. The number of hydrogen-bond acceptors (Lipinski definition) is 6. The van der Waals surface area contributed by atoms with Crippen LogP contribution in [0.5, 0.6) is 11.5 Å². The topological polar surface area (TPSA) is 82.4 Å². The molecule has 0 radical (unpaired) electrons. The highest BCUT2D eigenvalue weighted by molar-refractivity contribution is 5.75. The molecule has 0 atom stereocenters. The molecule has 0 N–H and O–H groups in total. The van der Waals surface area contributed by atoms with Gasteiger partial charge in [0, 0.05) is 19.2 Å². The summed E-state index contributed by atoms with van der Waals surface area (Å²) >= 11 is 0. The average Bonchev–Trinajstić information content (AvgIpc) is 3.20. The van der Waals surface area contributed by atoms with Crippen molar-refractivity contribution in [1.82, 2.24) is 25.1 Å². The van der Waals surface area contributed by atoms with Crippen LogP contribution in [0.15, 0.2) is 48.5 Å². The van der Waals surface area contributed by atoms with E-state index in [1.807, 2.05) is 48.5 Å². The molecule has 146 valence electrons. The number of benzene rings is 2. The molecule has 8 heteroatoms. The number of amides is 1. The van der Waals surface area contributed by atoms with Crippen LogP contribution in [-0.4, -0.2) is 58.8 Å². The highest BCUT2D eigenvalue weighted by Gasteiger charge is 2.13. The molecule has 8 nitrogen and oxygen atoms in total. The Morgan fingerprint density at radius 3 is 2.54 bits per heavy atom. The van der Waals surface area contributed by atoms with E-state index in [2.05, 4.69) is 15.4 Å². The molecule has 0 bridgehead atoms. The van der Waals surface area contributed by atoms with Crippen LogP contribution in [0, 0.1) is 0 Å². The van der Waals surface area contributed by atoms with Gasteiger partial charge < -0.3 is 14.4 Å². The van der Waals surface area contributed by atoms with Gasteiger partial charge in [-0.2, -0.15) is 4.80 Å². The highest BCUT2D eigenvalue weighted by Crippen LogP contribution is 2.27. The third-order valence-corrected chi connectivity index (χ3v) is 4.37. The Morgan fingerprint density at radius 2 is 1.82 bits per heavy atom. The van der Waals surface area contributed by atoms with Crippen molar-refractivity contribution in [1.29, 1.82) is 0 Å². The Morgan fingerprint density at radius 1 is 1.07 bits per heavy atom. The average molecular weight is 381 g/mol. The molecule has 2 aromatic carbocycles. The molecule has 3 rings (SSSR count). The molecule has 1 heterocycles. The van der Waals surface area contributed by atoms with Gasteiger partial charge in [-0.15, -0.1) is 10.2 Å². The van der Waals surface area contributed by atoms with E-state index in [1.165, 1.54) is 4.80 Å². The predicted molar refractivity (Wildman–Crippen MR) is 104 cm³/mol. The molecule has 0 aliphatic rings. The fourth-order valence-corrected chi connectivity index (χ4v) is 2.71. The lowest BCUT2D eigenvalue weighted by atomic mass is 10.1. The summed E-state index contributed by atoms with van der Waals surface area (Å²) in [7, 11) is 4.97. The maximum absolute atomic E-state index is 12.5. The van der Waals surface area contributed by atoms with Crippen LogP contribution in [0.4, 0.5) is 0 Å². The van der Waals surface area contributed by atoms with Crippen LogP contribution in [0.25, 0.3) is 11.4 Å². The van der Waals surface area contributed by atoms with Gasteiger partial charge in [-0.05, 0) is 29.3 Å². The van der Waals surface area contributed by atoms with E-state index >= 15 is 0 Å². The number of carbonyl (C=O) groups excluding carboxylic acids is 1. The van der Waals surface area contributed by atoms with Gasteiger partial charge >= 0.3 is 0 Å². The van der Waals surface area contributed by atoms with E-state index in [-0.39, 0.29) is 12.5 Å². The van der Waals surface area contributed by atoms with Gasteiger partial charge in [0.1, 0.15) is 6.54 Å². The lowest BCUT2D eigenvalue weighted by molar-refractivity contribution is -0.130. The van der Waals surface area contributed by atoms with Crippen LogP contribution in [-0.2, 0) is 17.8 Å². The Bertz CT molecular complexity index is 927. The number of nitrogens with zero attached hydrogens (tertiary/aromatic N) is 5. The Labute approximate surface area is 163 Å². The summed E-state index contributed by atoms with van der Waals surface area (Å²) in [4.78, 5) is 15.4. The Kier molecular flexibility index (Phi) is 6.21. The van der Waals surface area contributed by atoms with E-state index in [9.17, 15) is 4.79 Å². The maximum Gasteiger partial charge on any atom is 0.245 e. The highest BCUT2D eigenvalue weighted by atomic mass is 16.5. The van der Waals surface area contributed by atoms with Gasteiger partial charge in [-0.3, -0.25) is 4.79 Å². The molecule has 0 fully saturated rings. The fourth-order valence-electron chi connectivity index (χ4n) is 2.71. The fraction of sp³-hybridized carbons (Fsp3) is 0.300. The molecule has 0 saturated carbocycles. The first-order valence-corrected chi connectivity index (χ1v) is 8.89. The standard InChI is InChI=1S/C20H23N5O3/c1-24(12-11-15-9-10-17(27-2)18(13-15)28-3)19(26)14-25-22-20(21-23-25)16-7-5-4-6-8-16/h4-10,13H,11-12,14H2,1-3H3. The Hall–Kier alpha value is -3.42. The summed E-state index contributed by atoms with van der Waals surface area (Å²) in [5.41, 5.74) is 1.92. The molecule has 3 aromatic rings. The number of carbonyl (C=O) groups is 1. The van der Waals surface area contributed by atoms with Crippen molar-refractivity contribution in [2.24, 2.45) is 0 Å². The second-order valence-electron chi connectivity index (χ2n) is 6.26. The van der Waals surface area contributed by atoms with Gasteiger partial charge in [0.05, 0.1) is 14.2 Å². The first kappa shape index (κ1) is 19.3. The third-order valence-electron chi connectivity index (χ3n) is 4.37. The van der Waals surface area contributed by atoms with Gasteiger partial charge in [-0.25, -0.2) is 0 Å². The molecular formula is C20H23N5O3. The monoisotopic (exact) mass is 381 g/mol. The summed E-state index contributed by atoms with van der Waals surface area (Å²) in [6, 6.07) is 15.3. The normalized spacial score (nSPS) is 10.5. The zero-order chi connectivity index (χ0) is 19.9. The number of ether oxygens (including phenoxy) is 2. The lowest BCUT2D eigenvalue weighted by Crippen LogP contribution is -2.32. The largest absolute Gasteiger partial charge is 0.493 e. The number of likely N-dealkylation sites (N-methyl/N-ethyl adjacent to an activating group) is 1. The minimum absolute atomic E-state index is 0.0439. The first-order chi connectivity index (χ1) is 13.6. The lowest BCUT2D eigenvalue weighted by Gasteiger charge is -2.17. The number of methoxy groups -OCH3 is 2. The summed E-state index contributed by atoms with van der Waals surface area (Å²) < 4.78 is 10.6. The number of tetrazole rings is 1. The van der Waals surface area contributed by atoms with E-state index in [1.54, 1.807) is 26.2 Å². The predicted octanol–water partition coefficient (Wildman–Crippen LogP) is 2.06. The molecule has 1 aromatic heterocycles. The second kappa shape index (κ2) is 8.98. The van der Waals surface area contributed by atoms with Crippen molar-refractivity contribution in [2.45, 2.75) is 13.0 Å². The summed E-state index contributed by atoms with van der Waals surface area (Å²) in [5.74, 6) is 1.77. The van der Waals surface area contributed by atoms with Crippen molar-refractivity contribution in [2.75, 3.05) is 27.8 Å². The second-order valence-corrected chi connectivity index (χ2v) is 6.26. The smallest absolute Gasteiger partial charge is 0.245 e. The zero-order valence-corrected chi connectivity index (χ0v) is 16.2. The summed E-state index contributed by atoms with van der Waals surface area (Å²) in [6.07, 6.45) is 0.697. The molecular weight excluding hydrogens is 358 g/mol. The molecule has 0 aliphatic carbocycles. The van der Waals surface area contributed by atoms with Crippen molar-refractivity contribution in [3.05, 3.63) is 54.1 Å². The van der Waals surface area contributed by atoms with Gasteiger partial charge in [-0.1, -0.05) is 36.4 Å². The molecule has 28 heavy (non-hydrogen) atoms. The zero-order valence-electron chi connectivity index (χ0n) is 16.2. The Balaban J connectivity index is 1.56. The van der Waals surface area contributed by atoms with E-state index in [0.717, 1.165) is 11.1 Å². The molecule has 0 saturated heterocycles. The van der Waals surface area contributed by atoms with Crippen LogP contribution in [0.3, 0.4) is 0 Å². The van der Waals surface area contributed by atoms with E-state index in [4.69, 9.17) is 9.47 Å². The van der Waals surface area contributed by atoms with Crippen molar-refractivity contribution in [3.63, 3.8) is 0 Å². The van der Waals surface area contributed by atoms with Crippen molar-refractivity contribution in [3.8, 4) is 22.9 Å². The number of rotatable bonds is 8. The SMILES string of the molecule is COc1ccc(CCN(C)C(=O)Cn2nnc(-c3ccccc3)n2)cc1OC. The number of aromatic nitrogens is 4.